The molecule has 0 aromatic heterocycles. The minimum atomic E-state index is 0.238. The van der Waals surface area contributed by atoms with Crippen molar-refractivity contribution in [2.75, 3.05) is 19.7 Å². The number of hydrogen-bond donors (Lipinski definition) is 1. The van der Waals surface area contributed by atoms with Crippen LogP contribution in [-0.4, -0.2) is 35.6 Å². The lowest BCUT2D eigenvalue weighted by atomic mass is 10.3. The first-order chi connectivity index (χ1) is 5.34. The maximum atomic E-state index is 11.0. The van der Waals surface area contributed by atoms with Gasteiger partial charge >= 0.3 is 0 Å². The molecule has 0 aromatic rings. The van der Waals surface area contributed by atoms with Crippen LogP contribution < -0.4 is 0 Å². The fourth-order valence-corrected chi connectivity index (χ4v) is 1.35. The SMILES string of the molecule is O=C1CCCN1CCCCO. The smallest absolute Gasteiger partial charge is 0.222 e. The molecular formula is C8H15NO2. The highest BCUT2D eigenvalue weighted by molar-refractivity contribution is 5.77. The van der Waals surface area contributed by atoms with E-state index in [4.69, 9.17) is 5.11 Å². The Kier molecular flexibility index (Phi) is 3.36. The molecule has 0 atom stereocenters. The number of hydrogen-bond acceptors (Lipinski definition) is 2. The summed E-state index contributed by atoms with van der Waals surface area (Å²) in [7, 11) is 0. The van der Waals surface area contributed by atoms with Gasteiger partial charge in [-0.25, -0.2) is 0 Å². The quantitative estimate of drug-likeness (QED) is 0.599. The number of aliphatic hydroxyl groups is 1. The van der Waals surface area contributed by atoms with Crippen LogP contribution in [0.15, 0.2) is 0 Å². The molecule has 64 valence electrons. The lowest BCUT2D eigenvalue weighted by molar-refractivity contribution is -0.127. The van der Waals surface area contributed by atoms with E-state index in [2.05, 4.69) is 0 Å². The molecule has 3 nitrogen and oxygen atoms in total. The zero-order valence-electron chi connectivity index (χ0n) is 6.75. The Morgan fingerprint density at radius 2 is 2.27 bits per heavy atom. The van der Waals surface area contributed by atoms with Gasteiger partial charge in [0, 0.05) is 26.1 Å². The third-order valence-corrected chi connectivity index (χ3v) is 2.01. The number of aliphatic hydroxyl groups excluding tert-OH is 1. The second-order valence-corrected chi connectivity index (χ2v) is 2.92. The number of unbranched alkanes of at least 4 members (excludes halogenated alkanes) is 1. The highest BCUT2D eigenvalue weighted by Crippen LogP contribution is 2.09. The molecular weight excluding hydrogens is 142 g/mol. The van der Waals surface area contributed by atoms with Gasteiger partial charge in [0.15, 0.2) is 0 Å². The zero-order chi connectivity index (χ0) is 8.10. The number of carbonyl (C=O) groups excluding carboxylic acids is 1. The number of carbonyl (C=O) groups is 1. The summed E-state index contributed by atoms with van der Waals surface area (Å²) in [5, 5.41) is 8.50. The van der Waals surface area contributed by atoms with Crippen LogP contribution in [0.3, 0.4) is 0 Å². The van der Waals surface area contributed by atoms with Crippen LogP contribution >= 0.6 is 0 Å². The molecule has 1 aliphatic rings. The summed E-state index contributed by atoms with van der Waals surface area (Å²) >= 11 is 0. The predicted molar refractivity (Wildman–Crippen MR) is 42.1 cm³/mol. The summed E-state index contributed by atoms with van der Waals surface area (Å²) in [6.07, 6.45) is 3.48. The fourth-order valence-electron chi connectivity index (χ4n) is 1.35. The summed E-state index contributed by atoms with van der Waals surface area (Å²) in [5.74, 6) is 0.280. The van der Waals surface area contributed by atoms with Crippen molar-refractivity contribution in [3.8, 4) is 0 Å². The van der Waals surface area contributed by atoms with Crippen molar-refractivity contribution in [3.05, 3.63) is 0 Å². The molecule has 1 aliphatic heterocycles. The monoisotopic (exact) mass is 157 g/mol. The van der Waals surface area contributed by atoms with E-state index in [0.717, 1.165) is 38.8 Å². The van der Waals surface area contributed by atoms with Gasteiger partial charge in [0.2, 0.25) is 5.91 Å². The molecule has 0 spiro atoms. The fraction of sp³-hybridized carbons (Fsp3) is 0.875. The van der Waals surface area contributed by atoms with Gasteiger partial charge in [0.25, 0.3) is 0 Å². The van der Waals surface area contributed by atoms with Crippen molar-refractivity contribution >= 4 is 5.91 Å². The number of amides is 1. The van der Waals surface area contributed by atoms with Gasteiger partial charge in [-0.15, -0.1) is 0 Å². The molecule has 1 fully saturated rings. The van der Waals surface area contributed by atoms with Gasteiger partial charge in [0.1, 0.15) is 0 Å². The van der Waals surface area contributed by atoms with E-state index in [0.29, 0.717) is 0 Å². The molecule has 1 saturated heterocycles. The van der Waals surface area contributed by atoms with E-state index in [1.165, 1.54) is 0 Å². The van der Waals surface area contributed by atoms with Gasteiger partial charge in [-0.1, -0.05) is 0 Å². The maximum absolute atomic E-state index is 11.0. The second-order valence-electron chi connectivity index (χ2n) is 2.92. The topological polar surface area (TPSA) is 40.5 Å². The van der Waals surface area contributed by atoms with Crippen LogP contribution in [0.1, 0.15) is 25.7 Å². The standard InChI is InChI=1S/C8H15NO2/c10-7-2-1-5-9-6-3-4-8(9)11/h10H,1-7H2. The van der Waals surface area contributed by atoms with Gasteiger partial charge in [-0.3, -0.25) is 4.79 Å². The summed E-state index contributed by atoms with van der Waals surface area (Å²) in [5.41, 5.74) is 0. The molecule has 11 heavy (non-hydrogen) atoms. The summed E-state index contributed by atoms with van der Waals surface area (Å²) < 4.78 is 0. The van der Waals surface area contributed by atoms with Crippen molar-refractivity contribution < 1.29 is 9.90 Å². The Morgan fingerprint density at radius 1 is 1.45 bits per heavy atom. The van der Waals surface area contributed by atoms with Gasteiger partial charge in [-0.05, 0) is 19.3 Å². The Bertz CT molecular complexity index is 136. The Morgan fingerprint density at radius 3 is 2.82 bits per heavy atom. The van der Waals surface area contributed by atoms with Crippen LogP contribution in [0, 0.1) is 0 Å². The largest absolute Gasteiger partial charge is 0.396 e. The van der Waals surface area contributed by atoms with Crippen molar-refractivity contribution in [2.45, 2.75) is 25.7 Å². The second kappa shape index (κ2) is 4.34. The average molecular weight is 157 g/mol. The first kappa shape index (κ1) is 8.53. The average Bonchev–Trinajstić information content (AvgIpc) is 2.37. The highest BCUT2D eigenvalue weighted by Gasteiger charge is 2.18. The molecule has 0 bridgehead atoms. The van der Waals surface area contributed by atoms with E-state index < -0.39 is 0 Å². The van der Waals surface area contributed by atoms with Crippen molar-refractivity contribution in [3.63, 3.8) is 0 Å². The minimum Gasteiger partial charge on any atom is -0.396 e. The minimum absolute atomic E-state index is 0.238. The summed E-state index contributed by atoms with van der Waals surface area (Å²) in [6, 6.07) is 0. The van der Waals surface area contributed by atoms with Crippen molar-refractivity contribution in [1.82, 2.24) is 4.90 Å². The number of rotatable bonds is 4. The van der Waals surface area contributed by atoms with Crippen LogP contribution in [0.25, 0.3) is 0 Å². The van der Waals surface area contributed by atoms with Gasteiger partial charge < -0.3 is 10.0 Å². The Balaban J connectivity index is 2.10. The predicted octanol–water partition coefficient (Wildman–Crippen LogP) is 0.381. The first-order valence-corrected chi connectivity index (χ1v) is 4.23. The Hall–Kier alpha value is -0.570. The summed E-state index contributed by atoms with van der Waals surface area (Å²) in [4.78, 5) is 12.9. The molecule has 1 heterocycles. The lowest BCUT2D eigenvalue weighted by Crippen LogP contribution is -2.25. The maximum Gasteiger partial charge on any atom is 0.222 e. The molecule has 0 unspecified atom stereocenters. The van der Waals surface area contributed by atoms with E-state index in [1.807, 2.05) is 4.90 Å². The van der Waals surface area contributed by atoms with Crippen LogP contribution in [0.2, 0.25) is 0 Å². The van der Waals surface area contributed by atoms with E-state index in [1.54, 1.807) is 0 Å². The van der Waals surface area contributed by atoms with E-state index in [-0.39, 0.29) is 12.5 Å². The van der Waals surface area contributed by atoms with Crippen LogP contribution in [0.4, 0.5) is 0 Å². The third kappa shape index (κ3) is 2.50. The van der Waals surface area contributed by atoms with Crippen LogP contribution in [-0.2, 0) is 4.79 Å². The molecule has 1 amide bonds. The molecule has 0 aliphatic carbocycles. The Labute approximate surface area is 67.0 Å². The van der Waals surface area contributed by atoms with E-state index >= 15 is 0 Å². The molecule has 3 heteroatoms. The zero-order valence-corrected chi connectivity index (χ0v) is 6.75. The molecule has 0 aromatic carbocycles. The molecule has 0 radical (unpaired) electrons. The molecule has 1 rings (SSSR count). The van der Waals surface area contributed by atoms with Crippen molar-refractivity contribution in [2.24, 2.45) is 0 Å². The number of nitrogens with zero attached hydrogens (tertiary/aromatic N) is 1. The molecule has 1 N–H and O–H groups in total. The lowest BCUT2D eigenvalue weighted by Gasteiger charge is -2.14. The van der Waals surface area contributed by atoms with Gasteiger partial charge in [-0.2, -0.15) is 0 Å². The highest BCUT2D eigenvalue weighted by atomic mass is 16.2. The van der Waals surface area contributed by atoms with Crippen LogP contribution in [0.5, 0.6) is 0 Å². The third-order valence-electron chi connectivity index (χ3n) is 2.01. The van der Waals surface area contributed by atoms with E-state index in [9.17, 15) is 4.79 Å². The molecule has 0 saturated carbocycles. The van der Waals surface area contributed by atoms with Crippen molar-refractivity contribution in [1.29, 1.82) is 0 Å². The summed E-state index contributed by atoms with van der Waals surface area (Å²) in [6.45, 7) is 1.99. The first-order valence-electron chi connectivity index (χ1n) is 4.23. The van der Waals surface area contributed by atoms with Gasteiger partial charge in [0.05, 0.1) is 0 Å². The normalized spacial score (nSPS) is 17.9. The number of likely N-dealkylation sites (tertiary alicyclic amines) is 1.